The largest absolute Gasteiger partial charge is 0.507 e. The summed E-state index contributed by atoms with van der Waals surface area (Å²) in [7, 11) is 0. The van der Waals surface area contributed by atoms with Gasteiger partial charge in [-0.2, -0.15) is 0 Å². The molecule has 0 spiro atoms. The molecule has 2 unspecified atom stereocenters. The minimum absolute atomic E-state index is 0.358. The summed E-state index contributed by atoms with van der Waals surface area (Å²) in [4.78, 5) is 25.0. The van der Waals surface area contributed by atoms with E-state index in [1.54, 1.807) is 13.1 Å². The SMILES string of the molecule is Cc1c(C)c2c(c(C)c1O)CCC(C)(COCCN1C=CC(=O)C(=O)C1C)O2. The Balaban J connectivity index is 1.60. The Labute approximate surface area is 166 Å². The van der Waals surface area contributed by atoms with Crippen molar-refractivity contribution in [3.8, 4) is 11.5 Å². The fraction of sp³-hybridized carbons (Fsp3) is 0.545. The second kappa shape index (κ2) is 7.59. The average molecular weight is 387 g/mol. The van der Waals surface area contributed by atoms with Crippen molar-refractivity contribution in [3.05, 3.63) is 34.5 Å². The molecular formula is C22H29NO5. The van der Waals surface area contributed by atoms with Gasteiger partial charge in [-0.1, -0.05) is 0 Å². The smallest absolute Gasteiger partial charge is 0.225 e. The highest BCUT2D eigenvalue weighted by atomic mass is 16.5. The van der Waals surface area contributed by atoms with E-state index in [1.807, 2.05) is 32.6 Å². The second-order valence-corrected chi connectivity index (χ2v) is 8.09. The maximum absolute atomic E-state index is 11.8. The number of Topliss-reactive ketones (excluding diaryl/α,β-unsaturated/α-hetero) is 1. The molecule has 2 aliphatic heterocycles. The van der Waals surface area contributed by atoms with E-state index in [0.29, 0.717) is 25.5 Å². The number of hydrogen-bond donors (Lipinski definition) is 1. The van der Waals surface area contributed by atoms with E-state index >= 15 is 0 Å². The Bertz CT molecular complexity index is 844. The zero-order valence-electron chi connectivity index (χ0n) is 17.3. The summed E-state index contributed by atoms with van der Waals surface area (Å²) >= 11 is 0. The monoisotopic (exact) mass is 387 g/mol. The van der Waals surface area contributed by atoms with Crippen molar-refractivity contribution in [2.24, 2.45) is 0 Å². The van der Waals surface area contributed by atoms with Crippen LogP contribution in [-0.2, 0) is 20.7 Å². The first-order valence-corrected chi connectivity index (χ1v) is 9.75. The molecule has 1 aromatic carbocycles. The van der Waals surface area contributed by atoms with Crippen molar-refractivity contribution in [2.75, 3.05) is 19.8 Å². The van der Waals surface area contributed by atoms with Crippen LogP contribution >= 0.6 is 0 Å². The summed E-state index contributed by atoms with van der Waals surface area (Å²) in [6, 6.07) is -0.448. The van der Waals surface area contributed by atoms with E-state index in [-0.39, 0.29) is 5.78 Å². The summed E-state index contributed by atoms with van der Waals surface area (Å²) in [5, 5.41) is 10.3. The molecule has 6 nitrogen and oxygen atoms in total. The summed E-state index contributed by atoms with van der Waals surface area (Å²) in [5.41, 5.74) is 3.36. The van der Waals surface area contributed by atoms with Crippen molar-refractivity contribution in [2.45, 2.75) is 59.1 Å². The fourth-order valence-electron chi connectivity index (χ4n) is 3.85. The number of fused-ring (bicyclic) bond motifs is 1. The third kappa shape index (κ3) is 3.65. The van der Waals surface area contributed by atoms with Crippen LogP contribution < -0.4 is 4.74 Å². The van der Waals surface area contributed by atoms with E-state index in [0.717, 1.165) is 40.8 Å². The van der Waals surface area contributed by atoms with Gasteiger partial charge in [0.05, 0.1) is 19.3 Å². The first-order chi connectivity index (χ1) is 13.1. The Morgan fingerprint density at radius 1 is 1.25 bits per heavy atom. The number of rotatable bonds is 5. The predicted octanol–water partition coefficient (Wildman–Crippen LogP) is 2.77. The number of benzene rings is 1. The first-order valence-electron chi connectivity index (χ1n) is 9.75. The molecule has 0 saturated carbocycles. The summed E-state index contributed by atoms with van der Waals surface area (Å²) in [6.45, 7) is 11.0. The molecule has 2 heterocycles. The van der Waals surface area contributed by atoms with Gasteiger partial charge in [0.2, 0.25) is 11.6 Å². The second-order valence-electron chi connectivity index (χ2n) is 8.09. The average Bonchev–Trinajstić information content (AvgIpc) is 2.67. The lowest BCUT2D eigenvalue weighted by Gasteiger charge is -2.38. The molecule has 2 atom stereocenters. The van der Waals surface area contributed by atoms with Gasteiger partial charge in [0.25, 0.3) is 0 Å². The van der Waals surface area contributed by atoms with E-state index < -0.39 is 17.4 Å². The quantitative estimate of drug-likeness (QED) is 0.618. The van der Waals surface area contributed by atoms with Crippen LogP contribution in [0, 0.1) is 20.8 Å². The standard InChI is InChI=1S/C22H29NO5/c1-13-14(2)21-17(15(3)19(13)25)6-8-22(5,28-21)12-27-11-10-23-9-7-18(24)20(26)16(23)4/h7,9,16,25H,6,8,10-12H2,1-5H3. The number of phenols is 1. The van der Waals surface area contributed by atoms with Gasteiger partial charge < -0.3 is 19.5 Å². The number of carbonyl (C=O) groups is 2. The number of hydrogen-bond acceptors (Lipinski definition) is 6. The molecule has 0 aliphatic carbocycles. The Kier molecular flexibility index (Phi) is 5.53. The van der Waals surface area contributed by atoms with Crippen LogP contribution in [0.1, 0.15) is 42.5 Å². The predicted molar refractivity (Wildman–Crippen MR) is 106 cm³/mol. The van der Waals surface area contributed by atoms with E-state index in [1.165, 1.54) is 6.08 Å². The maximum Gasteiger partial charge on any atom is 0.225 e. The van der Waals surface area contributed by atoms with Gasteiger partial charge in [-0.3, -0.25) is 9.59 Å². The third-order valence-electron chi connectivity index (χ3n) is 6.03. The van der Waals surface area contributed by atoms with Gasteiger partial charge in [-0.15, -0.1) is 0 Å². The molecule has 3 rings (SSSR count). The molecule has 0 saturated heterocycles. The van der Waals surface area contributed by atoms with Gasteiger partial charge in [-0.05, 0) is 64.2 Å². The van der Waals surface area contributed by atoms with Gasteiger partial charge in [0.15, 0.2) is 0 Å². The van der Waals surface area contributed by atoms with Gasteiger partial charge in [0.1, 0.15) is 17.1 Å². The van der Waals surface area contributed by atoms with Crippen molar-refractivity contribution < 1.29 is 24.2 Å². The lowest BCUT2D eigenvalue weighted by atomic mass is 9.87. The summed E-state index contributed by atoms with van der Waals surface area (Å²) in [5.74, 6) is 0.392. The van der Waals surface area contributed by atoms with Crippen LogP contribution in [0.25, 0.3) is 0 Å². The fourth-order valence-corrected chi connectivity index (χ4v) is 3.85. The van der Waals surface area contributed by atoms with Crippen LogP contribution in [0.3, 0.4) is 0 Å². The van der Waals surface area contributed by atoms with Crippen molar-refractivity contribution in [1.29, 1.82) is 0 Å². The topological polar surface area (TPSA) is 76.1 Å². The van der Waals surface area contributed by atoms with Crippen LogP contribution in [0.2, 0.25) is 0 Å². The molecule has 1 aromatic rings. The van der Waals surface area contributed by atoms with Crippen LogP contribution in [0.15, 0.2) is 12.3 Å². The molecule has 0 radical (unpaired) electrons. The lowest BCUT2D eigenvalue weighted by Crippen LogP contribution is -2.45. The maximum atomic E-state index is 11.8. The molecule has 0 bridgehead atoms. The third-order valence-corrected chi connectivity index (χ3v) is 6.03. The highest BCUT2D eigenvalue weighted by molar-refractivity contribution is 6.43. The minimum Gasteiger partial charge on any atom is -0.507 e. The lowest BCUT2D eigenvalue weighted by molar-refractivity contribution is -0.137. The zero-order chi connectivity index (χ0) is 20.6. The number of ketones is 2. The van der Waals surface area contributed by atoms with Crippen molar-refractivity contribution in [1.82, 2.24) is 4.90 Å². The molecule has 0 amide bonds. The van der Waals surface area contributed by atoms with Crippen molar-refractivity contribution in [3.63, 3.8) is 0 Å². The Hall–Kier alpha value is -2.34. The van der Waals surface area contributed by atoms with Gasteiger partial charge >= 0.3 is 0 Å². The normalized spacial score (nSPS) is 24.3. The minimum atomic E-state index is -0.448. The Morgan fingerprint density at radius 3 is 2.68 bits per heavy atom. The summed E-state index contributed by atoms with van der Waals surface area (Å²) < 4.78 is 12.2. The number of aromatic hydroxyl groups is 1. The highest BCUT2D eigenvalue weighted by Gasteiger charge is 2.35. The zero-order valence-corrected chi connectivity index (χ0v) is 17.3. The van der Waals surface area contributed by atoms with E-state index in [2.05, 4.69) is 0 Å². The molecule has 1 N–H and O–H groups in total. The van der Waals surface area contributed by atoms with E-state index in [4.69, 9.17) is 9.47 Å². The van der Waals surface area contributed by atoms with Gasteiger partial charge in [-0.25, -0.2) is 0 Å². The molecule has 0 aromatic heterocycles. The first kappa shape index (κ1) is 20.4. The van der Waals surface area contributed by atoms with Crippen LogP contribution in [0.5, 0.6) is 11.5 Å². The number of nitrogens with zero attached hydrogens (tertiary/aromatic N) is 1. The molecule has 152 valence electrons. The highest BCUT2D eigenvalue weighted by Crippen LogP contribution is 2.43. The Morgan fingerprint density at radius 2 is 1.96 bits per heavy atom. The van der Waals surface area contributed by atoms with Crippen LogP contribution in [-0.4, -0.2) is 53.0 Å². The number of carbonyl (C=O) groups excluding carboxylic acids is 2. The number of ether oxygens (including phenoxy) is 2. The number of allylic oxidation sites excluding steroid dienone is 1. The molecule has 0 fully saturated rings. The summed E-state index contributed by atoms with van der Waals surface area (Å²) in [6.07, 6.45) is 4.61. The van der Waals surface area contributed by atoms with E-state index in [9.17, 15) is 14.7 Å². The molecular weight excluding hydrogens is 358 g/mol. The molecule has 2 aliphatic rings. The molecule has 28 heavy (non-hydrogen) atoms. The number of phenolic OH excluding ortho intramolecular Hbond substituents is 1. The molecule has 6 heteroatoms. The van der Waals surface area contributed by atoms with Gasteiger partial charge in [0, 0.05) is 24.4 Å². The van der Waals surface area contributed by atoms with Crippen molar-refractivity contribution >= 4 is 11.6 Å². The van der Waals surface area contributed by atoms with Crippen LogP contribution in [0.4, 0.5) is 0 Å².